The average molecular weight is 498 g/mol. The molecule has 3 heterocycles. The molecular formula is C24H24FN5O2S2. The number of nitrogens with zero attached hydrogens (tertiary/aromatic N) is 5. The summed E-state index contributed by atoms with van der Waals surface area (Å²) in [5, 5.41) is 9.69. The Morgan fingerprint density at radius 2 is 1.76 bits per heavy atom. The van der Waals surface area contributed by atoms with Gasteiger partial charge in [-0.25, -0.2) is 4.39 Å². The molecule has 1 aromatic carbocycles. The number of aromatic nitrogens is 1. The Morgan fingerprint density at radius 3 is 2.29 bits per heavy atom. The van der Waals surface area contributed by atoms with Crippen LogP contribution >= 0.6 is 24.0 Å². The fourth-order valence-corrected chi connectivity index (χ4v) is 5.44. The molecule has 34 heavy (non-hydrogen) atoms. The van der Waals surface area contributed by atoms with Crippen LogP contribution in [0.3, 0.4) is 0 Å². The van der Waals surface area contributed by atoms with Gasteiger partial charge in [0.15, 0.2) is 0 Å². The van der Waals surface area contributed by atoms with Crippen molar-refractivity contribution in [1.82, 2.24) is 9.47 Å². The number of likely N-dealkylation sites (N-methyl/N-ethyl adjacent to an activating group) is 1. The summed E-state index contributed by atoms with van der Waals surface area (Å²) >= 11 is 6.48. The minimum Gasteiger partial charge on any atom is -0.368 e. The third kappa shape index (κ3) is 4.21. The number of carbonyl (C=O) groups excluding carboxylic acids is 1. The molecule has 2 aromatic rings. The molecule has 0 aliphatic carbocycles. The number of nitriles is 1. The first kappa shape index (κ1) is 24.0. The molecular weight excluding hydrogens is 473 g/mol. The van der Waals surface area contributed by atoms with Crippen LogP contribution in [0, 0.1) is 24.1 Å². The SMILES string of the molecule is CCn1c(N2CCN(c3ccc(F)cc3)CC2)c(/C=C2\SC(=S)N(C)C2=O)c(C)c(C#N)c1=O. The summed E-state index contributed by atoms with van der Waals surface area (Å²) in [5.74, 6) is 0.225. The third-order valence-corrected chi connectivity index (χ3v) is 7.68. The van der Waals surface area contributed by atoms with Crippen molar-refractivity contribution in [3.8, 4) is 6.07 Å². The first-order valence-corrected chi connectivity index (χ1v) is 12.1. The van der Waals surface area contributed by atoms with Crippen LogP contribution in [0.4, 0.5) is 15.9 Å². The number of halogens is 1. The van der Waals surface area contributed by atoms with Crippen molar-refractivity contribution >= 4 is 51.8 Å². The second kappa shape index (κ2) is 9.60. The van der Waals surface area contributed by atoms with E-state index in [0.717, 1.165) is 5.69 Å². The highest BCUT2D eigenvalue weighted by Crippen LogP contribution is 2.35. The number of pyridine rings is 1. The lowest BCUT2D eigenvalue weighted by atomic mass is 10.0. The molecule has 10 heteroatoms. The molecule has 0 unspecified atom stereocenters. The van der Waals surface area contributed by atoms with Crippen molar-refractivity contribution in [3.63, 3.8) is 0 Å². The van der Waals surface area contributed by atoms with Gasteiger partial charge in [-0.05, 0) is 49.8 Å². The van der Waals surface area contributed by atoms with Gasteiger partial charge >= 0.3 is 0 Å². The van der Waals surface area contributed by atoms with Crippen LogP contribution in [0.25, 0.3) is 6.08 Å². The van der Waals surface area contributed by atoms with Gasteiger partial charge in [-0.1, -0.05) is 24.0 Å². The van der Waals surface area contributed by atoms with E-state index in [2.05, 4.69) is 9.80 Å². The van der Waals surface area contributed by atoms with Crippen LogP contribution in [0.1, 0.15) is 23.6 Å². The van der Waals surface area contributed by atoms with Crippen molar-refractivity contribution in [2.24, 2.45) is 0 Å². The van der Waals surface area contributed by atoms with Crippen molar-refractivity contribution in [1.29, 1.82) is 5.26 Å². The molecule has 2 fully saturated rings. The van der Waals surface area contributed by atoms with Crippen molar-refractivity contribution in [3.05, 3.63) is 62.0 Å². The minimum absolute atomic E-state index is 0.0776. The quantitative estimate of drug-likeness (QED) is 0.474. The second-order valence-electron chi connectivity index (χ2n) is 8.09. The summed E-state index contributed by atoms with van der Waals surface area (Å²) in [6.07, 6.45) is 1.76. The minimum atomic E-state index is -0.335. The molecule has 0 spiro atoms. The zero-order valence-electron chi connectivity index (χ0n) is 19.2. The Kier molecular flexibility index (Phi) is 6.77. The monoisotopic (exact) mass is 497 g/mol. The Balaban J connectivity index is 1.77. The van der Waals surface area contributed by atoms with Crippen molar-refractivity contribution in [2.45, 2.75) is 20.4 Å². The first-order chi connectivity index (χ1) is 16.3. The standard InChI is InChI=1S/C24H24FN5O2S2/c1-4-30-21(29-11-9-28(10-12-29)17-7-5-16(25)6-8-17)18(15(2)19(14-26)22(30)31)13-20-23(32)27(3)24(33)34-20/h5-8,13H,4,9-12H2,1-3H3/b20-13-. The number of benzene rings is 1. The van der Waals surface area contributed by atoms with Gasteiger partial charge in [-0.3, -0.25) is 19.1 Å². The number of carbonyl (C=O) groups is 1. The maximum absolute atomic E-state index is 13.3. The van der Waals surface area contributed by atoms with E-state index in [-0.39, 0.29) is 22.8 Å². The van der Waals surface area contributed by atoms with Gasteiger partial charge in [-0.15, -0.1) is 0 Å². The molecule has 4 rings (SSSR count). The molecule has 0 bridgehead atoms. The number of piperazine rings is 1. The largest absolute Gasteiger partial charge is 0.368 e. The van der Waals surface area contributed by atoms with Crippen LogP contribution in [0.5, 0.6) is 0 Å². The molecule has 1 amide bonds. The smallest absolute Gasteiger partial charge is 0.270 e. The number of anilines is 2. The number of amides is 1. The predicted molar refractivity (Wildman–Crippen MR) is 138 cm³/mol. The topological polar surface area (TPSA) is 72.6 Å². The fourth-order valence-electron chi connectivity index (χ4n) is 4.28. The van der Waals surface area contributed by atoms with Crippen LogP contribution < -0.4 is 15.4 Å². The van der Waals surface area contributed by atoms with Crippen LogP contribution in [0.2, 0.25) is 0 Å². The Morgan fingerprint density at radius 1 is 1.15 bits per heavy atom. The van der Waals surface area contributed by atoms with Crippen LogP contribution in [-0.4, -0.2) is 52.9 Å². The summed E-state index contributed by atoms with van der Waals surface area (Å²) in [6.45, 7) is 6.60. The lowest BCUT2D eigenvalue weighted by Gasteiger charge is -2.39. The Hall–Kier alpha value is -3.16. The summed E-state index contributed by atoms with van der Waals surface area (Å²) in [5.41, 5.74) is 1.92. The first-order valence-electron chi connectivity index (χ1n) is 10.9. The van der Waals surface area contributed by atoms with E-state index in [9.17, 15) is 19.2 Å². The fraction of sp³-hybridized carbons (Fsp3) is 0.333. The number of rotatable bonds is 4. The molecule has 0 saturated carbocycles. The van der Waals surface area contributed by atoms with Gasteiger partial charge in [0.1, 0.15) is 27.6 Å². The maximum atomic E-state index is 13.3. The van der Waals surface area contributed by atoms with E-state index in [4.69, 9.17) is 12.2 Å². The van der Waals surface area contributed by atoms with Crippen LogP contribution in [0.15, 0.2) is 34.0 Å². The van der Waals surface area contributed by atoms with E-state index >= 15 is 0 Å². The van der Waals surface area contributed by atoms with Crippen molar-refractivity contribution in [2.75, 3.05) is 43.0 Å². The Labute approximate surface area is 207 Å². The van der Waals surface area contributed by atoms with E-state index in [1.807, 2.05) is 13.0 Å². The van der Waals surface area contributed by atoms with Crippen LogP contribution in [-0.2, 0) is 11.3 Å². The van der Waals surface area contributed by atoms with Gasteiger partial charge in [0.25, 0.3) is 11.5 Å². The lowest BCUT2D eigenvalue weighted by molar-refractivity contribution is -0.121. The molecule has 0 N–H and O–H groups in total. The molecule has 1 aromatic heterocycles. The number of thioether (sulfide) groups is 1. The van der Waals surface area contributed by atoms with Crippen molar-refractivity contribution < 1.29 is 9.18 Å². The van der Waals surface area contributed by atoms with E-state index in [0.29, 0.717) is 58.9 Å². The van der Waals surface area contributed by atoms with Gasteiger partial charge in [0.05, 0.1) is 4.91 Å². The molecule has 176 valence electrons. The van der Waals surface area contributed by atoms with E-state index in [1.165, 1.54) is 28.8 Å². The summed E-state index contributed by atoms with van der Waals surface area (Å²) in [4.78, 5) is 32.0. The normalized spacial score (nSPS) is 17.6. The molecule has 7 nitrogen and oxygen atoms in total. The summed E-state index contributed by atoms with van der Waals surface area (Å²) in [7, 11) is 1.63. The lowest BCUT2D eigenvalue weighted by Crippen LogP contribution is -2.48. The predicted octanol–water partition coefficient (Wildman–Crippen LogP) is 3.35. The third-order valence-electron chi connectivity index (χ3n) is 6.20. The average Bonchev–Trinajstić information content (AvgIpc) is 3.08. The summed E-state index contributed by atoms with van der Waals surface area (Å²) < 4.78 is 15.4. The molecule has 0 atom stereocenters. The van der Waals surface area contributed by atoms with Gasteiger partial charge in [0.2, 0.25) is 0 Å². The maximum Gasteiger partial charge on any atom is 0.270 e. The van der Waals surface area contributed by atoms with E-state index in [1.54, 1.807) is 36.7 Å². The molecule has 0 radical (unpaired) electrons. The zero-order valence-corrected chi connectivity index (χ0v) is 20.8. The highest BCUT2D eigenvalue weighted by atomic mass is 32.2. The number of hydrogen-bond acceptors (Lipinski definition) is 7. The van der Waals surface area contributed by atoms with Gasteiger partial charge in [-0.2, -0.15) is 5.26 Å². The van der Waals surface area contributed by atoms with Gasteiger partial charge in [0, 0.05) is 51.0 Å². The summed E-state index contributed by atoms with van der Waals surface area (Å²) in [6, 6.07) is 8.46. The highest BCUT2D eigenvalue weighted by molar-refractivity contribution is 8.26. The van der Waals surface area contributed by atoms with E-state index < -0.39 is 0 Å². The molecule has 2 aliphatic rings. The second-order valence-corrected chi connectivity index (χ2v) is 9.77. The van der Waals surface area contributed by atoms with Gasteiger partial charge < -0.3 is 9.80 Å². The highest BCUT2D eigenvalue weighted by Gasteiger charge is 2.31. The molecule has 2 aliphatic heterocycles. The zero-order chi connectivity index (χ0) is 24.6. The number of thiocarbonyl (C=S) groups is 1. The molecule has 2 saturated heterocycles. The Bertz CT molecular complexity index is 1290. The number of hydrogen-bond donors (Lipinski definition) is 0.